The van der Waals surface area contributed by atoms with Crippen LogP contribution in [0, 0.1) is 0 Å². The molecule has 5 heteroatoms. The highest BCUT2D eigenvalue weighted by Gasteiger charge is 2.19. The molecule has 0 atom stereocenters. The highest BCUT2D eigenvalue weighted by atomic mass is 16.5. The molecule has 0 saturated carbocycles. The van der Waals surface area contributed by atoms with Crippen LogP contribution in [-0.2, 0) is 22.5 Å². The summed E-state index contributed by atoms with van der Waals surface area (Å²) in [5.41, 5.74) is 2.02. The van der Waals surface area contributed by atoms with E-state index >= 15 is 0 Å². The van der Waals surface area contributed by atoms with E-state index in [2.05, 4.69) is 22.7 Å². The van der Waals surface area contributed by atoms with Gasteiger partial charge in [-0.1, -0.05) is 0 Å². The van der Waals surface area contributed by atoms with Crippen molar-refractivity contribution >= 4 is 16.9 Å². The quantitative estimate of drug-likeness (QED) is 0.850. The van der Waals surface area contributed by atoms with E-state index in [1.54, 1.807) is 6.20 Å². The van der Waals surface area contributed by atoms with Crippen LogP contribution < -0.4 is 0 Å². The highest BCUT2D eigenvalue weighted by molar-refractivity contribution is 5.87. The van der Waals surface area contributed by atoms with E-state index in [1.807, 2.05) is 17.0 Å². The van der Waals surface area contributed by atoms with E-state index in [1.165, 1.54) is 0 Å². The van der Waals surface area contributed by atoms with Crippen LogP contribution in [0.25, 0.3) is 11.0 Å². The topological polar surface area (TPSA) is 47.4 Å². The van der Waals surface area contributed by atoms with Crippen LogP contribution >= 0.6 is 0 Å². The Hall–Kier alpha value is -1.88. The summed E-state index contributed by atoms with van der Waals surface area (Å²) in [7, 11) is 0. The number of aromatic nitrogens is 2. The fourth-order valence-electron chi connectivity index (χ4n) is 2.66. The first kappa shape index (κ1) is 13.1. The zero-order chi connectivity index (χ0) is 13.9. The first-order valence-corrected chi connectivity index (χ1v) is 7.08. The molecule has 2 aromatic rings. The minimum absolute atomic E-state index is 0.173. The van der Waals surface area contributed by atoms with Gasteiger partial charge in [-0.3, -0.25) is 4.79 Å². The van der Waals surface area contributed by atoms with Crippen molar-refractivity contribution in [2.24, 2.45) is 0 Å². The number of hydrogen-bond acceptors (Lipinski definition) is 3. The van der Waals surface area contributed by atoms with Gasteiger partial charge >= 0.3 is 0 Å². The molecule has 1 aliphatic heterocycles. The van der Waals surface area contributed by atoms with E-state index in [0.717, 1.165) is 23.1 Å². The number of ether oxygens (including phenoxy) is 1. The second-order valence-electron chi connectivity index (χ2n) is 4.98. The third-order valence-corrected chi connectivity index (χ3v) is 3.76. The van der Waals surface area contributed by atoms with Crippen LogP contribution in [0.1, 0.15) is 12.5 Å². The summed E-state index contributed by atoms with van der Waals surface area (Å²) in [6.07, 6.45) is 4.28. The Morgan fingerprint density at radius 1 is 1.40 bits per heavy atom. The largest absolute Gasteiger partial charge is 0.378 e. The predicted octanol–water partition coefficient (Wildman–Crippen LogP) is 1.46. The normalized spacial score (nSPS) is 15.8. The van der Waals surface area contributed by atoms with Crippen LogP contribution in [0.2, 0.25) is 0 Å². The van der Waals surface area contributed by atoms with Gasteiger partial charge in [-0.05, 0) is 24.6 Å². The maximum absolute atomic E-state index is 12.3. The van der Waals surface area contributed by atoms with E-state index < -0.39 is 0 Å². The number of amides is 1. The maximum Gasteiger partial charge on any atom is 0.227 e. The highest BCUT2D eigenvalue weighted by Crippen LogP contribution is 2.20. The molecule has 1 aliphatic rings. The molecular formula is C15H19N3O2. The number of aryl methyl sites for hydroxylation is 1. The smallest absolute Gasteiger partial charge is 0.227 e. The Balaban J connectivity index is 1.85. The molecule has 3 heterocycles. The van der Waals surface area contributed by atoms with Crippen LogP contribution in [-0.4, -0.2) is 46.7 Å². The van der Waals surface area contributed by atoms with Crippen molar-refractivity contribution in [3.8, 4) is 0 Å². The van der Waals surface area contributed by atoms with Gasteiger partial charge in [0.2, 0.25) is 5.91 Å². The lowest BCUT2D eigenvalue weighted by Crippen LogP contribution is -2.41. The van der Waals surface area contributed by atoms with Crippen molar-refractivity contribution in [1.29, 1.82) is 0 Å². The molecule has 1 saturated heterocycles. The number of carbonyl (C=O) groups is 1. The first-order chi connectivity index (χ1) is 9.79. The third-order valence-electron chi connectivity index (χ3n) is 3.76. The van der Waals surface area contributed by atoms with Crippen molar-refractivity contribution < 1.29 is 9.53 Å². The summed E-state index contributed by atoms with van der Waals surface area (Å²) in [5.74, 6) is 0.173. The summed E-state index contributed by atoms with van der Waals surface area (Å²) in [5, 5.41) is 1.08. The molecule has 106 valence electrons. The number of nitrogens with zero attached hydrogens (tertiary/aromatic N) is 3. The summed E-state index contributed by atoms with van der Waals surface area (Å²) in [6, 6.07) is 3.96. The molecule has 0 radical (unpaired) electrons. The molecule has 0 bridgehead atoms. The molecule has 5 nitrogen and oxygen atoms in total. The Bertz CT molecular complexity index is 615. The second-order valence-corrected chi connectivity index (χ2v) is 4.98. The van der Waals surface area contributed by atoms with Gasteiger partial charge in [0.05, 0.1) is 19.6 Å². The molecule has 0 spiro atoms. The van der Waals surface area contributed by atoms with Gasteiger partial charge in [-0.15, -0.1) is 0 Å². The Kier molecular flexibility index (Phi) is 3.69. The van der Waals surface area contributed by atoms with Crippen LogP contribution in [0.3, 0.4) is 0 Å². The minimum atomic E-state index is 0.173. The zero-order valence-electron chi connectivity index (χ0n) is 11.7. The van der Waals surface area contributed by atoms with Crippen LogP contribution in [0.4, 0.5) is 0 Å². The number of carbonyl (C=O) groups excluding carboxylic acids is 1. The molecule has 0 aromatic carbocycles. The monoisotopic (exact) mass is 273 g/mol. The molecular weight excluding hydrogens is 254 g/mol. The van der Waals surface area contributed by atoms with E-state index in [4.69, 9.17) is 4.74 Å². The number of fused-ring (bicyclic) bond motifs is 1. The van der Waals surface area contributed by atoms with Crippen molar-refractivity contribution in [1.82, 2.24) is 14.5 Å². The average molecular weight is 273 g/mol. The van der Waals surface area contributed by atoms with Crippen molar-refractivity contribution in [3.05, 3.63) is 30.1 Å². The molecule has 1 amide bonds. The summed E-state index contributed by atoms with van der Waals surface area (Å²) >= 11 is 0. The number of hydrogen-bond donors (Lipinski definition) is 0. The Morgan fingerprint density at radius 2 is 2.20 bits per heavy atom. The van der Waals surface area contributed by atoms with E-state index in [9.17, 15) is 4.79 Å². The van der Waals surface area contributed by atoms with Crippen LogP contribution in [0.5, 0.6) is 0 Å². The van der Waals surface area contributed by atoms with Gasteiger partial charge in [0.15, 0.2) is 0 Å². The summed E-state index contributed by atoms with van der Waals surface area (Å²) < 4.78 is 7.38. The molecule has 0 aliphatic carbocycles. The minimum Gasteiger partial charge on any atom is -0.378 e. The zero-order valence-corrected chi connectivity index (χ0v) is 11.7. The average Bonchev–Trinajstić information content (AvgIpc) is 2.86. The molecule has 0 unspecified atom stereocenters. The lowest BCUT2D eigenvalue weighted by Gasteiger charge is -2.26. The molecule has 3 rings (SSSR count). The Labute approximate surface area is 118 Å². The summed E-state index contributed by atoms with van der Waals surface area (Å²) in [6.45, 7) is 5.63. The maximum atomic E-state index is 12.3. The molecule has 1 fully saturated rings. The van der Waals surface area contributed by atoms with Gasteiger partial charge in [0.25, 0.3) is 0 Å². The van der Waals surface area contributed by atoms with Gasteiger partial charge in [0, 0.05) is 37.4 Å². The summed E-state index contributed by atoms with van der Waals surface area (Å²) in [4.78, 5) is 18.6. The standard InChI is InChI=1S/C15H19N3O2/c1-2-17-11-12(13-4-3-5-16-15(13)17)10-14(19)18-6-8-20-9-7-18/h3-5,11H,2,6-10H2,1H3. The van der Waals surface area contributed by atoms with Gasteiger partial charge < -0.3 is 14.2 Å². The second kappa shape index (κ2) is 5.63. The first-order valence-electron chi connectivity index (χ1n) is 7.08. The molecule has 0 N–H and O–H groups in total. The number of morpholine rings is 1. The van der Waals surface area contributed by atoms with Crippen molar-refractivity contribution in [3.63, 3.8) is 0 Å². The van der Waals surface area contributed by atoms with E-state index in [-0.39, 0.29) is 5.91 Å². The molecule has 2 aromatic heterocycles. The third kappa shape index (κ3) is 2.41. The lowest BCUT2D eigenvalue weighted by molar-refractivity contribution is -0.134. The van der Waals surface area contributed by atoms with Gasteiger partial charge in [-0.25, -0.2) is 4.98 Å². The Morgan fingerprint density at radius 3 is 2.95 bits per heavy atom. The number of pyridine rings is 1. The van der Waals surface area contributed by atoms with E-state index in [0.29, 0.717) is 32.7 Å². The predicted molar refractivity (Wildman–Crippen MR) is 76.5 cm³/mol. The number of rotatable bonds is 3. The fraction of sp³-hybridized carbons (Fsp3) is 0.467. The van der Waals surface area contributed by atoms with Crippen molar-refractivity contribution in [2.75, 3.05) is 26.3 Å². The fourth-order valence-corrected chi connectivity index (χ4v) is 2.66. The van der Waals surface area contributed by atoms with Gasteiger partial charge in [0.1, 0.15) is 5.65 Å². The molecule has 20 heavy (non-hydrogen) atoms. The van der Waals surface area contributed by atoms with Gasteiger partial charge in [-0.2, -0.15) is 0 Å². The van der Waals surface area contributed by atoms with Crippen molar-refractivity contribution in [2.45, 2.75) is 19.9 Å². The van der Waals surface area contributed by atoms with Crippen LogP contribution in [0.15, 0.2) is 24.5 Å². The lowest BCUT2D eigenvalue weighted by atomic mass is 10.1. The SMILES string of the molecule is CCn1cc(CC(=O)N2CCOCC2)c2cccnc21.